The van der Waals surface area contributed by atoms with E-state index in [9.17, 15) is 14.5 Å². The van der Waals surface area contributed by atoms with Gasteiger partial charge in [-0.25, -0.2) is 0 Å². The van der Waals surface area contributed by atoms with Gasteiger partial charge in [0.2, 0.25) is 5.82 Å². The summed E-state index contributed by atoms with van der Waals surface area (Å²) in [5, 5.41) is 13.8. The van der Waals surface area contributed by atoms with Gasteiger partial charge in [0.25, 0.3) is 0 Å². The van der Waals surface area contributed by atoms with Gasteiger partial charge < -0.3 is 9.88 Å². The molecule has 20 heavy (non-hydrogen) atoms. The molecular weight excluding hydrogens is 261 g/mol. The minimum atomic E-state index is -0.827. The van der Waals surface area contributed by atoms with Gasteiger partial charge in [0.05, 0.1) is 4.92 Å². The van der Waals surface area contributed by atoms with Crippen LogP contribution in [-0.2, 0) is 13.6 Å². The number of hydrogen-bond donors (Lipinski definition) is 1. The van der Waals surface area contributed by atoms with Crippen LogP contribution in [0.3, 0.4) is 0 Å². The standard InChI is InChI=1S/C14H16FN3O2/c1-9-6-11(10(2)17(9)3)8-16-12-4-5-13(15)14(7-12)18(19)20/h4-7,16H,8H2,1-3H3. The Labute approximate surface area is 116 Å². The number of nitrogens with zero attached hydrogens (tertiary/aromatic N) is 2. The predicted octanol–water partition coefficient (Wildman–Crippen LogP) is 3.30. The smallest absolute Gasteiger partial charge is 0.306 e. The molecule has 1 aromatic carbocycles. The summed E-state index contributed by atoms with van der Waals surface area (Å²) in [4.78, 5) is 9.96. The van der Waals surface area contributed by atoms with Crippen molar-refractivity contribution in [3.05, 3.63) is 57.1 Å². The van der Waals surface area contributed by atoms with E-state index in [-0.39, 0.29) is 0 Å². The summed E-state index contributed by atoms with van der Waals surface area (Å²) < 4.78 is 15.3. The zero-order valence-electron chi connectivity index (χ0n) is 11.6. The summed E-state index contributed by atoms with van der Waals surface area (Å²) in [6, 6.07) is 5.86. The van der Waals surface area contributed by atoms with Crippen LogP contribution < -0.4 is 5.32 Å². The summed E-state index contributed by atoms with van der Waals surface area (Å²) >= 11 is 0. The topological polar surface area (TPSA) is 60.1 Å². The highest BCUT2D eigenvalue weighted by Gasteiger charge is 2.14. The molecule has 0 aliphatic heterocycles. The van der Waals surface area contributed by atoms with Gasteiger partial charge in [-0.05, 0) is 37.6 Å². The number of aryl methyl sites for hydroxylation is 1. The van der Waals surface area contributed by atoms with Crippen LogP contribution in [0.4, 0.5) is 15.8 Å². The van der Waals surface area contributed by atoms with Crippen molar-refractivity contribution in [3.8, 4) is 0 Å². The molecule has 0 spiro atoms. The third kappa shape index (κ3) is 2.64. The van der Waals surface area contributed by atoms with E-state index in [4.69, 9.17) is 0 Å². The lowest BCUT2D eigenvalue weighted by Crippen LogP contribution is -2.02. The van der Waals surface area contributed by atoms with Crippen molar-refractivity contribution in [1.82, 2.24) is 4.57 Å². The second kappa shape index (κ2) is 5.32. The van der Waals surface area contributed by atoms with Gasteiger partial charge in [-0.15, -0.1) is 0 Å². The zero-order chi connectivity index (χ0) is 14.9. The van der Waals surface area contributed by atoms with Crippen molar-refractivity contribution in [2.24, 2.45) is 7.05 Å². The molecule has 0 atom stereocenters. The predicted molar refractivity (Wildman–Crippen MR) is 75.3 cm³/mol. The largest absolute Gasteiger partial charge is 0.381 e. The summed E-state index contributed by atoms with van der Waals surface area (Å²) in [7, 11) is 1.98. The van der Waals surface area contributed by atoms with Crippen LogP contribution in [0.15, 0.2) is 24.3 Å². The fraction of sp³-hybridized carbons (Fsp3) is 0.286. The van der Waals surface area contributed by atoms with E-state index < -0.39 is 16.4 Å². The maximum absolute atomic E-state index is 13.2. The number of benzene rings is 1. The monoisotopic (exact) mass is 277 g/mol. The first-order chi connectivity index (χ1) is 9.40. The highest BCUT2D eigenvalue weighted by atomic mass is 19.1. The molecule has 0 unspecified atom stereocenters. The Balaban J connectivity index is 2.17. The molecule has 0 radical (unpaired) electrons. The molecule has 2 rings (SSSR count). The third-order valence-corrected chi connectivity index (χ3v) is 3.51. The fourth-order valence-electron chi connectivity index (χ4n) is 2.07. The zero-order valence-corrected chi connectivity index (χ0v) is 11.6. The molecule has 0 saturated carbocycles. The van der Waals surface area contributed by atoms with Gasteiger partial charge in [0.1, 0.15) is 0 Å². The molecule has 1 heterocycles. The van der Waals surface area contributed by atoms with Crippen molar-refractivity contribution in [2.75, 3.05) is 5.32 Å². The number of halogens is 1. The summed E-state index contributed by atoms with van der Waals surface area (Å²) in [6.45, 7) is 4.56. The normalized spacial score (nSPS) is 10.6. The summed E-state index contributed by atoms with van der Waals surface area (Å²) in [5.74, 6) is -0.827. The van der Waals surface area contributed by atoms with Crippen molar-refractivity contribution < 1.29 is 9.31 Å². The number of aromatic nitrogens is 1. The number of nitrogens with one attached hydrogen (secondary N) is 1. The maximum atomic E-state index is 13.2. The maximum Gasteiger partial charge on any atom is 0.306 e. The first kappa shape index (κ1) is 14.0. The lowest BCUT2D eigenvalue weighted by atomic mass is 10.2. The van der Waals surface area contributed by atoms with Crippen LogP contribution in [0.1, 0.15) is 17.0 Å². The van der Waals surface area contributed by atoms with E-state index in [1.807, 2.05) is 20.9 Å². The Hall–Kier alpha value is -2.37. The van der Waals surface area contributed by atoms with E-state index in [1.54, 1.807) is 0 Å². The van der Waals surface area contributed by atoms with Crippen molar-refractivity contribution >= 4 is 11.4 Å². The molecule has 106 valence electrons. The molecule has 5 nitrogen and oxygen atoms in total. The van der Waals surface area contributed by atoms with Gasteiger partial charge >= 0.3 is 5.69 Å². The van der Waals surface area contributed by atoms with Crippen LogP contribution in [0.2, 0.25) is 0 Å². The Morgan fingerprint density at radius 3 is 2.60 bits per heavy atom. The second-order valence-electron chi connectivity index (χ2n) is 4.73. The molecule has 1 N–H and O–H groups in total. The molecule has 0 aliphatic rings. The average molecular weight is 277 g/mol. The molecule has 0 amide bonds. The van der Waals surface area contributed by atoms with E-state index in [0.717, 1.165) is 23.0 Å². The molecular formula is C14H16FN3O2. The van der Waals surface area contributed by atoms with Crippen molar-refractivity contribution in [2.45, 2.75) is 20.4 Å². The molecule has 6 heteroatoms. The minimum absolute atomic E-state index is 0.518. The van der Waals surface area contributed by atoms with Crippen LogP contribution in [0, 0.1) is 29.8 Å². The lowest BCUT2D eigenvalue weighted by molar-refractivity contribution is -0.387. The molecule has 0 aliphatic carbocycles. The van der Waals surface area contributed by atoms with Gasteiger partial charge in [-0.3, -0.25) is 10.1 Å². The molecule has 0 fully saturated rings. The van der Waals surface area contributed by atoms with Crippen molar-refractivity contribution in [1.29, 1.82) is 0 Å². The highest BCUT2D eigenvalue weighted by Crippen LogP contribution is 2.22. The van der Waals surface area contributed by atoms with Crippen molar-refractivity contribution in [3.63, 3.8) is 0 Å². The number of nitro groups is 1. The van der Waals surface area contributed by atoms with Crippen LogP contribution in [0.5, 0.6) is 0 Å². The summed E-state index contributed by atoms with van der Waals surface area (Å²) in [6.07, 6.45) is 0. The number of anilines is 1. The first-order valence-corrected chi connectivity index (χ1v) is 6.19. The highest BCUT2D eigenvalue weighted by molar-refractivity contribution is 5.52. The van der Waals surface area contributed by atoms with E-state index >= 15 is 0 Å². The first-order valence-electron chi connectivity index (χ1n) is 6.19. The van der Waals surface area contributed by atoms with Gasteiger partial charge in [0.15, 0.2) is 0 Å². The molecule has 0 bridgehead atoms. The summed E-state index contributed by atoms with van der Waals surface area (Å²) in [5.41, 5.74) is 3.39. The Morgan fingerprint density at radius 2 is 2.05 bits per heavy atom. The lowest BCUT2D eigenvalue weighted by Gasteiger charge is -2.07. The second-order valence-corrected chi connectivity index (χ2v) is 4.73. The van der Waals surface area contributed by atoms with Crippen LogP contribution >= 0.6 is 0 Å². The Kier molecular flexibility index (Phi) is 3.74. The molecule has 1 aromatic heterocycles. The average Bonchev–Trinajstić information content (AvgIpc) is 2.65. The van der Waals surface area contributed by atoms with E-state index in [0.29, 0.717) is 12.2 Å². The van der Waals surface area contributed by atoms with E-state index in [2.05, 4.69) is 16.0 Å². The van der Waals surface area contributed by atoms with Gasteiger partial charge in [0, 0.05) is 36.7 Å². The van der Waals surface area contributed by atoms with Crippen LogP contribution in [0.25, 0.3) is 0 Å². The number of rotatable bonds is 4. The number of hydrogen-bond acceptors (Lipinski definition) is 3. The van der Waals surface area contributed by atoms with Gasteiger partial charge in [-0.1, -0.05) is 0 Å². The Bertz CT molecular complexity index is 665. The Morgan fingerprint density at radius 1 is 1.35 bits per heavy atom. The van der Waals surface area contributed by atoms with E-state index in [1.165, 1.54) is 12.1 Å². The minimum Gasteiger partial charge on any atom is -0.381 e. The van der Waals surface area contributed by atoms with Gasteiger partial charge in [-0.2, -0.15) is 4.39 Å². The number of nitro benzene ring substituents is 1. The molecule has 2 aromatic rings. The third-order valence-electron chi connectivity index (χ3n) is 3.51. The fourth-order valence-corrected chi connectivity index (χ4v) is 2.07. The SMILES string of the molecule is Cc1cc(CNc2ccc(F)c([N+](=O)[O-])c2)c(C)n1C. The molecule has 0 saturated heterocycles. The van der Waals surface area contributed by atoms with Crippen LogP contribution in [-0.4, -0.2) is 9.49 Å². The quantitative estimate of drug-likeness (QED) is 0.689.